The number of thiophene rings is 1. The summed E-state index contributed by atoms with van der Waals surface area (Å²) in [5.41, 5.74) is 2.27. The topological polar surface area (TPSA) is 9.23 Å². The van der Waals surface area contributed by atoms with Crippen LogP contribution in [0.5, 0.6) is 5.75 Å². The summed E-state index contributed by atoms with van der Waals surface area (Å²) in [5, 5.41) is 4.13. The zero-order valence-electron chi connectivity index (χ0n) is 8.45. The van der Waals surface area contributed by atoms with Gasteiger partial charge >= 0.3 is 0 Å². The number of benzene rings is 1. The Morgan fingerprint density at radius 3 is 2.75 bits per heavy atom. The largest absolute Gasteiger partial charge is 0.488 e. The van der Waals surface area contributed by atoms with Crippen LogP contribution in [0.15, 0.2) is 39.5 Å². The first-order valence-corrected chi connectivity index (χ1v) is 7.05. The molecule has 0 radical (unpaired) electrons. The molecule has 1 aromatic heterocycles. The molecule has 0 spiro atoms. The molecule has 1 nitrogen and oxygen atoms in total. The maximum atomic E-state index is 5.75. The summed E-state index contributed by atoms with van der Waals surface area (Å²) < 4.78 is 6.64. The zero-order valence-corrected chi connectivity index (χ0v) is 11.6. The van der Waals surface area contributed by atoms with Crippen molar-refractivity contribution in [2.24, 2.45) is 0 Å². The van der Waals surface area contributed by atoms with Gasteiger partial charge in [-0.2, -0.15) is 11.3 Å². The van der Waals surface area contributed by atoms with Crippen molar-refractivity contribution in [3.8, 4) is 5.75 Å². The second kappa shape index (κ2) is 5.71. The molecule has 0 saturated heterocycles. The highest BCUT2D eigenvalue weighted by atomic mass is 79.9. The molecule has 0 aliphatic carbocycles. The van der Waals surface area contributed by atoms with Crippen molar-refractivity contribution in [3.63, 3.8) is 0 Å². The number of rotatable bonds is 4. The van der Waals surface area contributed by atoms with Crippen LogP contribution in [0.3, 0.4) is 0 Å². The van der Waals surface area contributed by atoms with Gasteiger partial charge in [0, 0.05) is 5.88 Å². The third kappa shape index (κ3) is 3.00. The van der Waals surface area contributed by atoms with E-state index in [9.17, 15) is 0 Å². The first kappa shape index (κ1) is 12.0. The second-order valence-electron chi connectivity index (χ2n) is 3.32. The monoisotopic (exact) mass is 316 g/mol. The van der Waals surface area contributed by atoms with Gasteiger partial charge in [0.05, 0.1) is 4.47 Å². The Kier molecular flexibility index (Phi) is 4.27. The molecule has 0 atom stereocenters. The number of hydrogen-bond donors (Lipinski definition) is 0. The van der Waals surface area contributed by atoms with E-state index < -0.39 is 0 Å². The summed E-state index contributed by atoms with van der Waals surface area (Å²) in [7, 11) is 0. The Hall–Kier alpha value is -0.510. The lowest BCUT2D eigenvalue weighted by Gasteiger charge is -2.08. The Morgan fingerprint density at radius 1 is 1.25 bits per heavy atom. The fourth-order valence-corrected chi connectivity index (χ4v) is 2.64. The molecule has 1 aromatic carbocycles. The van der Waals surface area contributed by atoms with Gasteiger partial charge in [-0.05, 0) is 56.0 Å². The van der Waals surface area contributed by atoms with Crippen molar-refractivity contribution in [2.45, 2.75) is 12.5 Å². The summed E-state index contributed by atoms with van der Waals surface area (Å²) in [6.07, 6.45) is 0. The summed E-state index contributed by atoms with van der Waals surface area (Å²) in [4.78, 5) is 0. The van der Waals surface area contributed by atoms with E-state index in [0.717, 1.165) is 15.8 Å². The van der Waals surface area contributed by atoms with E-state index in [4.69, 9.17) is 16.3 Å². The molecule has 0 bridgehead atoms. The van der Waals surface area contributed by atoms with Gasteiger partial charge < -0.3 is 4.74 Å². The normalized spacial score (nSPS) is 10.4. The third-order valence-electron chi connectivity index (χ3n) is 2.13. The fraction of sp³-hybridized carbons (Fsp3) is 0.167. The quantitative estimate of drug-likeness (QED) is 0.734. The number of ether oxygens (including phenoxy) is 1. The smallest absolute Gasteiger partial charge is 0.134 e. The van der Waals surface area contributed by atoms with E-state index in [2.05, 4.69) is 27.4 Å². The summed E-state index contributed by atoms with van der Waals surface area (Å²) in [5.74, 6) is 1.36. The minimum atomic E-state index is 0.517. The van der Waals surface area contributed by atoms with Crippen LogP contribution >= 0.6 is 38.9 Å². The van der Waals surface area contributed by atoms with Crippen LogP contribution in [0.1, 0.15) is 11.1 Å². The van der Waals surface area contributed by atoms with Crippen LogP contribution in [0.25, 0.3) is 0 Å². The van der Waals surface area contributed by atoms with Crippen LogP contribution in [0.2, 0.25) is 0 Å². The molecular formula is C12H10BrClOS. The molecular weight excluding hydrogens is 308 g/mol. The maximum absolute atomic E-state index is 5.75. The molecule has 0 N–H and O–H groups in total. The molecule has 0 saturated carbocycles. The van der Waals surface area contributed by atoms with Gasteiger partial charge in [0.25, 0.3) is 0 Å². The summed E-state index contributed by atoms with van der Waals surface area (Å²) in [6.45, 7) is 0.600. The van der Waals surface area contributed by atoms with Gasteiger partial charge in [0.2, 0.25) is 0 Å². The van der Waals surface area contributed by atoms with Crippen LogP contribution in [-0.2, 0) is 12.5 Å². The van der Waals surface area contributed by atoms with Crippen molar-refractivity contribution in [1.29, 1.82) is 0 Å². The number of halogens is 2. The number of alkyl halides is 1. The lowest BCUT2D eigenvalue weighted by molar-refractivity contribution is 0.304. The molecule has 2 aromatic rings. The molecule has 84 valence electrons. The van der Waals surface area contributed by atoms with Gasteiger partial charge in [-0.25, -0.2) is 0 Å². The summed E-state index contributed by atoms with van der Waals surface area (Å²) in [6, 6.07) is 7.95. The number of hydrogen-bond acceptors (Lipinski definition) is 2. The molecule has 4 heteroatoms. The Morgan fingerprint density at radius 2 is 2.12 bits per heavy atom. The SMILES string of the molecule is ClCc1ccc(OCc2ccsc2)c(Br)c1. The summed E-state index contributed by atoms with van der Waals surface area (Å²) >= 11 is 10.9. The Balaban J connectivity index is 2.04. The van der Waals surface area contributed by atoms with Gasteiger partial charge in [0.15, 0.2) is 0 Å². The van der Waals surface area contributed by atoms with Crippen molar-refractivity contribution in [3.05, 3.63) is 50.6 Å². The first-order chi connectivity index (χ1) is 7.79. The van der Waals surface area contributed by atoms with Crippen molar-refractivity contribution in [1.82, 2.24) is 0 Å². The van der Waals surface area contributed by atoms with Crippen LogP contribution < -0.4 is 4.74 Å². The molecule has 16 heavy (non-hydrogen) atoms. The highest BCUT2D eigenvalue weighted by Crippen LogP contribution is 2.27. The van der Waals surface area contributed by atoms with Crippen molar-refractivity contribution < 1.29 is 4.74 Å². The van der Waals surface area contributed by atoms with Crippen LogP contribution in [-0.4, -0.2) is 0 Å². The van der Waals surface area contributed by atoms with Crippen LogP contribution in [0.4, 0.5) is 0 Å². The Bertz CT molecular complexity index is 456. The predicted octanol–water partition coefficient (Wildman–Crippen LogP) is 4.83. The van der Waals surface area contributed by atoms with E-state index in [1.807, 2.05) is 23.6 Å². The van der Waals surface area contributed by atoms with E-state index in [-0.39, 0.29) is 0 Å². The molecule has 1 heterocycles. The van der Waals surface area contributed by atoms with Crippen molar-refractivity contribution >= 4 is 38.9 Å². The lowest BCUT2D eigenvalue weighted by Crippen LogP contribution is -1.94. The van der Waals surface area contributed by atoms with E-state index in [0.29, 0.717) is 12.5 Å². The molecule has 0 aliphatic rings. The van der Waals surface area contributed by atoms with E-state index >= 15 is 0 Å². The Labute approximate surface area is 112 Å². The minimum Gasteiger partial charge on any atom is -0.488 e. The zero-order chi connectivity index (χ0) is 11.4. The molecule has 0 amide bonds. The lowest BCUT2D eigenvalue weighted by atomic mass is 10.2. The molecule has 0 unspecified atom stereocenters. The highest BCUT2D eigenvalue weighted by Gasteiger charge is 2.03. The average molecular weight is 318 g/mol. The molecule has 0 fully saturated rings. The second-order valence-corrected chi connectivity index (χ2v) is 5.22. The standard InChI is InChI=1S/C12H10BrClOS/c13-11-5-9(6-14)1-2-12(11)15-7-10-3-4-16-8-10/h1-5,8H,6-7H2. The van der Waals surface area contributed by atoms with Gasteiger partial charge in [-0.1, -0.05) is 6.07 Å². The predicted molar refractivity (Wildman–Crippen MR) is 72.4 cm³/mol. The van der Waals surface area contributed by atoms with Gasteiger partial charge in [0.1, 0.15) is 12.4 Å². The van der Waals surface area contributed by atoms with Crippen LogP contribution in [0, 0.1) is 0 Å². The van der Waals surface area contributed by atoms with Crippen molar-refractivity contribution in [2.75, 3.05) is 0 Å². The van der Waals surface area contributed by atoms with E-state index in [1.165, 1.54) is 5.56 Å². The fourth-order valence-electron chi connectivity index (χ4n) is 1.28. The third-order valence-corrected chi connectivity index (χ3v) is 3.79. The highest BCUT2D eigenvalue weighted by molar-refractivity contribution is 9.10. The average Bonchev–Trinajstić information content (AvgIpc) is 2.80. The van der Waals surface area contributed by atoms with Gasteiger partial charge in [-0.3, -0.25) is 0 Å². The first-order valence-electron chi connectivity index (χ1n) is 4.78. The maximum Gasteiger partial charge on any atom is 0.134 e. The minimum absolute atomic E-state index is 0.517. The van der Waals surface area contributed by atoms with Gasteiger partial charge in [-0.15, -0.1) is 11.6 Å². The van der Waals surface area contributed by atoms with E-state index in [1.54, 1.807) is 11.3 Å². The molecule has 0 aliphatic heterocycles. The molecule has 2 rings (SSSR count).